The van der Waals surface area contributed by atoms with Crippen molar-refractivity contribution in [2.24, 2.45) is 0 Å². The monoisotopic (exact) mass is 328 g/mol. The minimum Gasteiger partial charge on any atom is -0.480 e. The third kappa shape index (κ3) is 13.1. The second-order valence-corrected chi connectivity index (χ2v) is 6.53. The smallest absolute Gasteiger partial charge is 0.320 e. The first-order valence-corrected chi connectivity index (χ1v) is 9.15. The highest BCUT2D eigenvalue weighted by Crippen LogP contribution is 2.10. The van der Waals surface area contributed by atoms with E-state index >= 15 is 0 Å². The molecule has 1 unspecified atom stereocenters. The highest BCUT2D eigenvalue weighted by molar-refractivity contribution is 5.76. The third-order valence-corrected chi connectivity index (χ3v) is 4.16. The normalized spacial score (nSPS) is 12.3. The van der Waals surface area contributed by atoms with E-state index in [0.29, 0.717) is 19.4 Å². The number of nitrogens with zero attached hydrogens (tertiary/aromatic N) is 1. The molecule has 0 saturated heterocycles. The summed E-state index contributed by atoms with van der Waals surface area (Å²) in [7, 11) is 3.48. The van der Waals surface area contributed by atoms with E-state index in [1.54, 1.807) is 19.0 Å². The molecule has 5 nitrogen and oxygen atoms in total. The molecule has 1 amide bonds. The summed E-state index contributed by atoms with van der Waals surface area (Å²) in [5.41, 5.74) is 0. The molecule has 0 saturated carbocycles. The Morgan fingerprint density at radius 1 is 0.957 bits per heavy atom. The molecule has 0 aromatic heterocycles. The van der Waals surface area contributed by atoms with Crippen LogP contribution in [0, 0.1) is 0 Å². The van der Waals surface area contributed by atoms with Gasteiger partial charge in [-0.3, -0.25) is 14.5 Å². The lowest BCUT2D eigenvalue weighted by molar-refractivity contribution is -0.142. The van der Waals surface area contributed by atoms with Gasteiger partial charge in [0.1, 0.15) is 6.04 Å². The van der Waals surface area contributed by atoms with Crippen molar-refractivity contribution in [3.8, 4) is 0 Å². The minimum absolute atomic E-state index is 0.0378. The van der Waals surface area contributed by atoms with E-state index in [-0.39, 0.29) is 5.91 Å². The average molecular weight is 328 g/mol. The molecule has 0 aliphatic heterocycles. The first-order chi connectivity index (χ1) is 11.0. The number of nitrogens with one attached hydrogen (secondary N) is 1. The Kier molecular flexibility index (Phi) is 13.8. The van der Waals surface area contributed by atoms with Gasteiger partial charge in [0.2, 0.25) is 5.91 Å². The largest absolute Gasteiger partial charge is 0.480 e. The molecule has 5 heteroatoms. The van der Waals surface area contributed by atoms with Crippen molar-refractivity contribution in [2.45, 2.75) is 83.6 Å². The van der Waals surface area contributed by atoms with Gasteiger partial charge in [0.15, 0.2) is 0 Å². The molecule has 0 radical (unpaired) electrons. The Bertz CT molecular complexity index is 319. The quantitative estimate of drug-likeness (QED) is 0.452. The van der Waals surface area contributed by atoms with Gasteiger partial charge in [0, 0.05) is 13.0 Å². The number of hydrogen-bond acceptors (Lipinski definition) is 3. The number of carboxylic acid groups (broad SMARTS) is 1. The lowest BCUT2D eigenvalue weighted by Gasteiger charge is -2.19. The standard InChI is InChI=1S/C18H36N2O3/c1-4-5-6-7-8-9-10-11-12-13-17(21)19-15-14-16(18(22)23)20(2)3/h16H,4-15H2,1-3H3,(H,19,21)(H,22,23). The van der Waals surface area contributed by atoms with Gasteiger partial charge in [-0.05, 0) is 26.9 Å². The lowest BCUT2D eigenvalue weighted by atomic mass is 10.1. The number of unbranched alkanes of at least 4 members (excludes halogenated alkanes) is 8. The number of carboxylic acids is 1. The molecule has 1 atom stereocenters. The van der Waals surface area contributed by atoms with Gasteiger partial charge in [-0.2, -0.15) is 0 Å². The van der Waals surface area contributed by atoms with Crippen molar-refractivity contribution in [3.63, 3.8) is 0 Å². The summed E-state index contributed by atoms with van der Waals surface area (Å²) in [6.07, 6.45) is 12.1. The van der Waals surface area contributed by atoms with Crippen molar-refractivity contribution in [1.29, 1.82) is 0 Å². The Balaban J connectivity index is 3.49. The molecule has 0 aromatic carbocycles. The molecule has 136 valence electrons. The van der Waals surface area contributed by atoms with Crippen molar-refractivity contribution in [1.82, 2.24) is 10.2 Å². The molecule has 0 aliphatic carbocycles. The number of likely N-dealkylation sites (N-methyl/N-ethyl adjacent to an activating group) is 1. The van der Waals surface area contributed by atoms with Gasteiger partial charge >= 0.3 is 5.97 Å². The Labute approximate surface area is 141 Å². The Morgan fingerprint density at radius 2 is 1.48 bits per heavy atom. The van der Waals surface area contributed by atoms with Crippen LogP contribution in [-0.2, 0) is 9.59 Å². The maximum absolute atomic E-state index is 11.7. The summed E-state index contributed by atoms with van der Waals surface area (Å²) >= 11 is 0. The maximum atomic E-state index is 11.7. The SMILES string of the molecule is CCCCCCCCCCCC(=O)NCCC(C(=O)O)N(C)C. The van der Waals surface area contributed by atoms with Crippen LogP contribution < -0.4 is 5.32 Å². The number of rotatable bonds is 15. The Hall–Kier alpha value is -1.10. The summed E-state index contributed by atoms with van der Waals surface area (Å²) in [5, 5.41) is 11.9. The topological polar surface area (TPSA) is 69.6 Å². The van der Waals surface area contributed by atoms with E-state index in [1.807, 2.05) is 0 Å². The molecule has 0 spiro atoms. The lowest BCUT2D eigenvalue weighted by Crippen LogP contribution is -2.39. The van der Waals surface area contributed by atoms with Gasteiger partial charge in [-0.15, -0.1) is 0 Å². The van der Waals surface area contributed by atoms with Crippen molar-refractivity contribution in [2.75, 3.05) is 20.6 Å². The molecule has 0 bridgehead atoms. The summed E-state index contributed by atoms with van der Waals surface area (Å²) in [5.74, 6) is -0.806. The van der Waals surface area contributed by atoms with Crippen LogP contribution in [0.2, 0.25) is 0 Å². The fourth-order valence-electron chi connectivity index (χ4n) is 2.64. The van der Waals surface area contributed by atoms with Crippen LogP contribution in [0.15, 0.2) is 0 Å². The molecule has 0 rings (SSSR count). The van der Waals surface area contributed by atoms with E-state index in [2.05, 4.69) is 12.2 Å². The van der Waals surface area contributed by atoms with Crippen LogP contribution in [0.4, 0.5) is 0 Å². The fraction of sp³-hybridized carbons (Fsp3) is 0.889. The predicted octanol–water partition coefficient (Wildman–Crippen LogP) is 3.43. The molecular weight excluding hydrogens is 292 g/mol. The maximum Gasteiger partial charge on any atom is 0.320 e. The Morgan fingerprint density at radius 3 is 1.96 bits per heavy atom. The predicted molar refractivity (Wildman–Crippen MR) is 94.6 cm³/mol. The van der Waals surface area contributed by atoms with Crippen molar-refractivity contribution < 1.29 is 14.7 Å². The van der Waals surface area contributed by atoms with Crippen LogP contribution in [-0.4, -0.2) is 48.6 Å². The summed E-state index contributed by atoms with van der Waals surface area (Å²) in [6, 6.07) is -0.539. The fourth-order valence-corrected chi connectivity index (χ4v) is 2.64. The van der Waals surface area contributed by atoms with Gasteiger partial charge in [-0.1, -0.05) is 58.3 Å². The van der Waals surface area contributed by atoms with Crippen molar-refractivity contribution >= 4 is 11.9 Å². The van der Waals surface area contributed by atoms with E-state index in [4.69, 9.17) is 5.11 Å². The van der Waals surface area contributed by atoms with Gasteiger partial charge < -0.3 is 10.4 Å². The number of carbonyl (C=O) groups is 2. The zero-order valence-corrected chi connectivity index (χ0v) is 15.3. The van der Waals surface area contributed by atoms with Crippen molar-refractivity contribution in [3.05, 3.63) is 0 Å². The van der Waals surface area contributed by atoms with E-state index < -0.39 is 12.0 Å². The molecule has 23 heavy (non-hydrogen) atoms. The number of carbonyl (C=O) groups excluding carboxylic acids is 1. The molecule has 0 heterocycles. The second kappa shape index (κ2) is 14.5. The highest BCUT2D eigenvalue weighted by Gasteiger charge is 2.19. The number of amides is 1. The van der Waals surface area contributed by atoms with E-state index in [9.17, 15) is 9.59 Å². The number of aliphatic carboxylic acids is 1. The average Bonchev–Trinajstić information content (AvgIpc) is 2.49. The zero-order valence-electron chi connectivity index (χ0n) is 15.3. The first kappa shape index (κ1) is 21.9. The van der Waals surface area contributed by atoms with Crippen LogP contribution in [0.25, 0.3) is 0 Å². The van der Waals surface area contributed by atoms with Crippen LogP contribution in [0.5, 0.6) is 0 Å². The second-order valence-electron chi connectivity index (χ2n) is 6.53. The zero-order chi connectivity index (χ0) is 17.5. The third-order valence-electron chi connectivity index (χ3n) is 4.16. The summed E-state index contributed by atoms with van der Waals surface area (Å²) in [6.45, 7) is 2.65. The molecule has 0 aliphatic rings. The van der Waals surface area contributed by atoms with Gasteiger partial charge in [0.25, 0.3) is 0 Å². The van der Waals surface area contributed by atoms with Crippen LogP contribution in [0.1, 0.15) is 77.6 Å². The first-order valence-electron chi connectivity index (χ1n) is 9.15. The summed E-state index contributed by atoms with van der Waals surface area (Å²) in [4.78, 5) is 24.4. The van der Waals surface area contributed by atoms with Gasteiger partial charge in [-0.25, -0.2) is 0 Å². The van der Waals surface area contributed by atoms with Crippen LogP contribution >= 0.6 is 0 Å². The molecular formula is C18H36N2O3. The molecule has 0 fully saturated rings. The molecule has 0 aromatic rings. The minimum atomic E-state index is -0.844. The summed E-state index contributed by atoms with van der Waals surface area (Å²) < 4.78 is 0. The van der Waals surface area contributed by atoms with Gasteiger partial charge in [0.05, 0.1) is 0 Å². The van der Waals surface area contributed by atoms with E-state index in [0.717, 1.165) is 12.8 Å². The highest BCUT2D eigenvalue weighted by atomic mass is 16.4. The number of hydrogen-bond donors (Lipinski definition) is 2. The molecule has 2 N–H and O–H groups in total. The van der Waals surface area contributed by atoms with Crippen LogP contribution in [0.3, 0.4) is 0 Å². The van der Waals surface area contributed by atoms with E-state index in [1.165, 1.54) is 44.9 Å².